The second-order valence-corrected chi connectivity index (χ2v) is 6.15. The van der Waals surface area contributed by atoms with Crippen LogP contribution in [0, 0.1) is 0 Å². The molecule has 1 N–H and O–H groups in total. The minimum Gasteiger partial charge on any atom is -0.496 e. The quantitative estimate of drug-likeness (QED) is 0.708. The molecule has 0 spiro atoms. The summed E-state index contributed by atoms with van der Waals surface area (Å²) in [5.41, 5.74) is 1.05. The Balaban J connectivity index is 2.70. The normalized spacial score (nSPS) is 13.2. The smallest absolute Gasteiger partial charge is 0.405 e. The van der Waals surface area contributed by atoms with E-state index in [0.717, 1.165) is 11.3 Å². The fourth-order valence-corrected chi connectivity index (χ4v) is 3.50. The Bertz CT molecular complexity index is 443. The predicted molar refractivity (Wildman–Crippen MR) is 80.2 cm³/mol. The van der Waals surface area contributed by atoms with E-state index in [4.69, 9.17) is 13.8 Å². The highest BCUT2D eigenvalue weighted by Crippen LogP contribution is 2.44. The van der Waals surface area contributed by atoms with Crippen molar-refractivity contribution >= 4 is 7.75 Å². The van der Waals surface area contributed by atoms with Crippen molar-refractivity contribution in [3.8, 4) is 5.75 Å². The molecule has 1 aromatic carbocycles. The first-order valence-corrected chi connectivity index (χ1v) is 8.37. The van der Waals surface area contributed by atoms with Crippen molar-refractivity contribution in [1.82, 2.24) is 5.09 Å². The van der Waals surface area contributed by atoms with E-state index in [0.29, 0.717) is 19.6 Å². The van der Waals surface area contributed by atoms with Gasteiger partial charge in [0.15, 0.2) is 0 Å². The summed E-state index contributed by atoms with van der Waals surface area (Å²) in [6.45, 7) is 6.20. The Labute approximate surface area is 121 Å². The molecule has 1 atom stereocenters. The van der Waals surface area contributed by atoms with Crippen LogP contribution in [0.5, 0.6) is 5.75 Å². The molecule has 0 bridgehead atoms. The summed E-state index contributed by atoms with van der Waals surface area (Å²) in [5.74, 6) is 0.823. The van der Waals surface area contributed by atoms with E-state index >= 15 is 0 Å². The second-order valence-electron chi connectivity index (χ2n) is 4.38. The van der Waals surface area contributed by atoms with Gasteiger partial charge in [0, 0.05) is 6.04 Å². The summed E-state index contributed by atoms with van der Waals surface area (Å²) >= 11 is 0. The zero-order valence-electron chi connectivity index (χ0n) is 12.6. The lowest BCUT2D eigenvalue weighted by Gasteiger charge is -2.22. The average Bonchev–Trinajstić information content (AvgIpc) is 2.39. The molecule has 0 saturated carbocycles. The number of nitrogens with one attached hydrogen (secondary N) is 1. The Morgan fingerprint density at radius 1 is 1.20 bits per heavy atom. The van der Waals surface area contributed by atoms with Gasteiger partial charge in [-0.3, -0.25) is 9.05 Å². The lowest BCUT2D eigenvalue weighted by Crippen LogP contribution is -2.27. The fourth-order valence-electron chi connectivity index (χ4n) is 1.97. The van der Waals surface area contributed by atoms with Gasteiger partial charge in [0.25, 0.3) is 0 Å². The molecule has 1 aromatic rings. The highest BCUT2D eigenvalue weighted by Gasteiger charge is 2.26. The lowest BCUT2D eigenvalue weighted by molar-refractivity contribution is 0.207. The number of hydrogen-bond acceptors (Lipinski definition) is 4. The number of hydrogen-bond donors (Lipinski definition) is 1. The number of ether oxygens (including phenoxy) is 1. The highest BCUT2D eigenvalue weighted by atomic mass is 31.2. The van der Waals surface area contributed by atoms with Gasteiger partial charge in [-0.2, -0.15) is 0 Å². The zero-order valence-corrected chi connectivity index (χ0v) is 13.5. The Morgan fingerprint density at radius 3 is 2.35 bits per heavy atom. The molecule has 20 heavy (non-hydrogen) atoms. The average molecular weight is 301 g/mol. The van der Waals surface area contributed by atoms with Gasteiger partial charge >= 0.3 is 7.75 Å². The summed E-state index contributed by atoms with van der Waals surface area (Å²) in [4.78, 5) is 0. The van der Waals surface area contributed by atoms with Crippen LogP contribution in [-0.2, 0) is 20.0 Å². The van der Waals surface area contributed by atoms with Crippen LogP contribution in [0.4, 0.5) is 0 Å². The molecule has 5 nitrogen and oxygen atoms in total. The lowest BCUT2D eigenvalue weighted by atomic mass is 10.1. The molecular formula is C14H24NO4P. The van der Waals surface area contributed by atoms with Crippen LogP contribution < -0.4 is 9.82 Å². The minimum atomic E-state index is -3.23. The van der Waals surface area contributed by atoms with E-state index in [1.54, 1.807) is 21.0 Å². The van der Waals surface area contributed by atoms with Crippen molar-refractivity contribution in [2.24, 2.45) is 0 Å². The standard InChI is InChI=1S/C14H24NO4P/c1-5-18-20(16,19-6-2)15-12(3)11-13-9-7-8-10-14(13)17-4/h7-10,12H,5-6,11H2,1-4H3,(H,15,16). The predicted octanol–water partition coefficient (Wildman–Crippen LogP) is 3.40. The molecule has 1 unspecified atom stereocenters. The van der Waals surface area contributed by atoms with Gasteiger partial charge in [-0.05, 0) is 38.8 Å². The molecule has 0 radical (unpaired) electrons. The van der Waals surface area contributed by atoms with Crippen molar-refractivity contribution in [3.05, 3.63) is 29.8 Å². The van der Waals surface area contributed by atoms with Crippen LogP contribution in [0.3, 0.4) is 0 Å². The molecular weight excluding hydrogens is 277 g/mol. The molecule has 0 aliphatic rings. The maximum Gasteiger partial charge on any atom is 0.405 e. The van der Waals surface area contributed by atoms with E-state index in [2.05, 4.69) is 5.09 Å². The van der Waals surface area contributed by atoms with Gasteiger partial charge in [0.2, 0.25) is 0 Å². The second kappa shape index (κ2) is 8.42. The molecule has 6 heteroatoms. The minimum absolute atomic E-state index is 0.0600. The molecule has 0 fully saturated rings. The Kier molecular flexibility index (Phi) is 7.24. The van der Waals surface area contributed by atoms with Crippen molar-refractivity contribution in [2.75, 3.05) is 20.3 Å². The molecule has 0 heterocycles. The zero-order chi connectivity index (χ0) is 15.0. The van der Waals surface area contributed by atoms with Crippen molar-refractivity contribution in [3.63, 3.8) is 0 Å². The van der Waals surface area contributed by atoms with Crippen molar-refractivity contribution in [2.45, 2.75) is 33.2 Å². The topological polar surface area (TPSA) is 56.8 Å². The summed E-state index contributed by atoms with van der Waals surface area (Å²) in [6.07, 6.45) is 0.675. The van der Waals surface area contributed by atoms with Gasteiger partial charge in [-0.15, -0.1) is 0 Å². The van der Waals surface area contributed by atoms with Crippen LogP contribution in [0.1, 0.15) is 26.3 Å². The van der Waals surface area contributed by atoms with E-state index in [-0.39, 0.29) is 6.04 Å². The highest BCUT2D eigenvalue weighted by molar-refractivity contribution is 7.51. The summed E-state index contributed by atoms with van der Waals surface area (Å²) in [7, 11) is -1.59. The number of rotatable bonds is 9. The van der Waals surface area contributed by atoms with E-state index in [1.165, 1.54) is 0 Å². The maximum absolute atomic E-state index is 12.4. The number of benzene rings is 1. The monoisotopic (exact) mass is 301 g/mol. The summed E-state index contributed by atoms with van der Waals surface area (Å²) < 4.78 is 28.1. The third-order valence-corrected chi connectivity index (χ3v) is 4.65. The Morgan fingerprint density at radius 2 is 1.80 bits per heavy atom. The first-order valence-electron chi connectivity index (χ1n) is 6.83. The Hall–Kier alpha value is -0.870. The van der Waals surface area contributed by atoms with Gasteiger partial charge in [-0.25, -0.2) is 9.65 Å². The molecule has 0 aliphatic carbocycles. The first-order chi connectivity index (χ1) is 9.54. The van der Waals surface area contributed by atoms with Gasteiger partial charge in [-0.1, -0.05) is 18.2 Å². The van der Waals surface area contributed by atoms with Gasteiger partial charge in [0.1, 0.15) is 5.75 Å². The number of methoxy groups -OCH3 is 1. The molecule has 0 aromatic heterocycles. The summed E-state index contributed by atoms with van der Waals surface area (Å²) in [5, 5.41) is 2.95. The third-order valence-electron chi connectivity index (χ3n) is 2.70. The largest absolute Gasteiger partial charge is 0.496 e. The molecule has 0 saturated heterocycles. The first kappa shape index (κ1) is 17.2. The van der Waals surface area contributed by atoms with Crippen LogP contribution in [0.2, 0.25) is 0 Å². The van der Waals surface area contributed by atoms with Crippen LogP contribution >= 0.6 is 7.75 Å². The molecule has 114 valence electrons. The van der Waals surface area contributed by atoms with Crippen LogP contribution in [0.15, 0.2) is 24.3 Å². The van der Waals surface area contributed by atoms with Gasteiger partial charge < -0.3 is 4.74 Å². The molecule has 1 rings (SSSR count). The summed E-state index contributed by atoms with van der Waals surface area (Å²) in [6, 6.07) is 7.71. The maximum atomic E-state index is 12.4. The van der Waals surface area contributed by atoms with Crippen LogP contribution in [0.25, 0.3) is 0 Å². The SMILES string of the molecule is CCOP(=O)(NC(C)Cc1ccccc1OC)OCC. The van der Waals surface area contributed by atoms with Crippen molar-refractivity contribution in [1.29, 1.82) is 0 Å². The number of para-hydroxylation sites is 1. The molecule has 0 amide bonds. The van der Waals surface area contributed by atoms with Crippen molar-refractivity contribution < 1.29 is 18.3 Å². The van der Waals surface area contributed by atoms with Gasteiger partial charge in [0.05, 0.1) is 20.3 Å². The van der Waals surface area contributed by atoms with E-state index in [1.807, 2.05) is 31.2 Å². The third kappa shape index (κ3) is 5.25. The fraction of sp³-hybridized carbons (Fsp3) is 0.571. The van der Waals surface area contributed by atoms with E-state index < -0.39 is 7.75 Å². The van der Waals surface area contributed by atoms with E-state index in [9.17, 15) is 4.57 Å². The van der Waals surface area contributed by atoms with Crippen LogP contribution in [-0.4, -0.2) is 26.4 Å². The molecule has 0 aliphatic heterocycles.